The number of carbonyl (C=O) groups excluding carboxylic acids is 1. The molecule has 2 aromatic heterocycles. The SMILES string of the molecule is CCn1nc(C)cc1CC(=O)c1cc(C)nn1C. The number of aromatic nitrogens is 4. The van der Waals surface area contributed by atoms with Gasteiger partial charge in [-0.2, -0.15) is 10.2 Å². The quantitative estimate of drug-likeness (QED) is 0.771. The Morgan fingerprint density at radius 1 is 1.22 bits per heavy atom. The van der Waals surface area contributed by atoms with Gasteiger partial charge in [0.05, 0.1) is 17.8 Å². The summed E-state index contributed by atoms with van der Waals surface area (Å²) in [6, 6.07) is 3.78. The lowest BCUT2D eigenvalue weighted by Crippen LogP contribution is -2.13. The Morgan fingerprint density at radius 2 is 1.89 bits per heavy atom. The van der Waals surface area contributed by atoms with Gasteiger partial charge in [-0.15, -0.1) is 0 Å². The largest absolute Gasteiger partial charge is 0.292 e. The molecule has 0 amide bonds. The average molecular weight is 246 g/mol. The molecule has 0 fully saturated rings. The highest BCUT2D eigenvalue weighted by Crippen LogP contribution is 2.10. The van der Waals surface area contributed by atoms with E-state index >= 15 is 0 Å². The standard InChI is InChI=1S/C13H18N4O/c1-5-17-11(6-9(2)15-17)8-13(18)12-7-10(3)14-16(12)4/h6-7H,5,8H2,1-4H3. The molecule has 2 aromatic rings. The van der Waals surface area contributed by atoms with Crippen molar-refractivity contribution in [3.05, 3.63) is 34.9 Å². The molecule has 18 heavy (non-hydrogen) atoms. The predicted octanol–water partition coefficient (Wildman–Crippen LogP) is 1.68. The summed E-state index contributed by atoms with van der Waals surface area (Å²) in [7, 11) is 1.79. The van der Waals surface area contributed by atoms with Crippen LogP contribution in [0.4, 0.5) is 0 Å². The molecule has 0 unspecified atom stereocenters. The molecule has 5 nitrogen and oxygen atoms in total. The van der Waals surface area contributed by atoms with Crippen LogP contribution in [0.25, 0.3) is 0 Å². The molecule has 0 N–H and O–H groups in total. The van der Waals surface area contributed by atoms with E-state index in [0.29, 0.717) is 12.1 Å². The van der Waals surface area contributed by atoms with Gasteiger partial charge < -0.3 is 0 Å². The summed E-state index contributed by atoms with van der Waals surface area (Å²) in [5, 5.41) is 8.54. The number of carbonyl (C=O) groups is 1. The first-order valence-corrected chi connectivity index (χ1v) is 6.08. The zero-order valence-electron chi connectivity index (χ0n) is 11.3. The fraction of sp³-hybridized carbons (Fsp3) is 0.462. The molecule has 2 heterocycles. The van der Waals surface area contributed by atoms with Crippen molar-refractivity contribution in [3.63, 3.8) is 0 Å². The Bertz CT molecular complexity index is 580. The van der Waals surface area contributed by atoms with Crippen LogP contribution >= 0.6 is 0 Å². The molecule has 0 aromatic carbocycles. The molecular formula is C13H18N4O. The van der Waals surface area contributed by atoms with Crippen LogP contribution in [0.5, 0.6) is 0 Å². The molecule has 0 radical (unpaired) electrons. The summed E-state index contributed by atoms with van der Waals surface area (Å²) < 4.78 is 3.51. The third-order valence-corrected chi connectivity index (χ3v) is 2.91. The maximum absolute atomic E-state index is 12.2. The van der Waals surface area contributed by atoms with Gasteiger partial charge in [-0.1, -0.05) is 0 Å². The van der Waals surface area contributed by atoms with Crippen LogP contribution in [-0.4, -0.2) is 25.3 Å². The molecule has 0 saturated heterocycles. The summed E-state index contributed by atoms with van der Waals surface area (Å²) in [6.07, 6.45) is 0.369. The fourth-order valence-electron chi connectivity index (χ4n) is 2.14. The van der Waals surface area contributed by atoms with Crippen molar-refractivity contribution in [2.45, 2.75) is 33.7 Å². The second-order valence-electron chi connectivity index (χ2n) is 4.49. The van der Waals surface area contributed by atoms with Gasteiger partial charge in [0, 0.05) is 19.3 Å². The molecule has 2 rings (SSSR count). The van der Waals surface area contributed by atoms with Gasteiger partial charge in [0.15, 0.2) is 5.78 Å². The molecular weight excluding hydrogens is 228 g/mol. The van der Waals surface area contributed by atoms with Gasteiger partial charge in [-0.3, -0.25) is 14.2 Å². The van der Waals surface area contributed by atoms with E-state index in [9.17, 15) is 4.79 Å². The van der Waals surface area contributed by atoms with Crippen LogP contribution in [0.2, 0.25) is 0 Å². The first kappa shape index (κ1) is 12.5. The zero-order valence-corrected chi connectivity index (χ0v) is 11.3. The van der Waals surface area contributed by atoms with Crippen molar-refractivity contribution in [3.8, 4) is 0 Å². The number of rotatable bonds is 4. The number of aryl methyl sites for hydroxylation is 4. The van der Waals surface area contributed by atoms with E-state index in [2.05, 4.69) is 10.2 Å². The van der Waals surface area contributed by atoms with E-state index in [0.717, 1.165) is 23.6 Å². The minimum atomic E-state index is 0.0766. The minimum absolute atomic E-state index is 0.0766. The van der Waals surface area contributed by atoms with Gasteiger partial charge in [0.25, 0.3) is 0 Å². The maximum Gasteiger partial charge on any atom is 0.186 e. The Hall–Kier alpha value is -1.91. The number of nitrogens with zero attached hydrogens (tertiary/aromatic N) is 4. The van der Waals surface area contributed by atoms with Crippen LogP contribution in [0.3, 0.4) is 0 Å². The van der Waals surface area contributed by atoms with Crippen molar-refractivity contribution in [2.24, 2.45) is 7.05 Å². The lowest BCUT2D eigenvalue weighted by molar-refractivity contribution is 0.0981. The van der Waals surface area contributed by atoms with E-state index in [1.165, 1.54) is 0 Å². The monoisotopic (exact) mass is 246 g/mol. The van der Waals surface area contributed by atoms with Crippen molar-refractivity contribution < 1.29 is 4.79 Å². The van der Waals surface area contributed by atoms with Gasteiger partial charge >= 0.3 is 0 Å². The molecule has 0 atom stereocenters. The topological polar surface area (TPSA) is 52.7 Å². The molecule has 0 aliphatic carbocycles. The van der Waals surface area contributed by atoms with Crippen molar-refractivity contribution in [2.75, 3.05) is 0 Å². The van der Waals surface area contributed by atoms with E-state index in [1.54, 1.807) is 11.7 Å². The number of ketones is 1. The Kier molecular flexibility index (Phi) is 3.32. The van der Waals surface area contributed by atoms with Crippen molar-refractivity contribution >= 4 is 5.78 Å². The zero-order chi connectivity index (χ0) is 13.3. The molecule has 0 saturated carbocycles. The van der Waals surface area contributed by atoms with Gasteiger partial charge in [-0.25, -0.2) is 0 Å². The molecule has 0 aliphatic rings. The third-order valence-electron chi connectivity index (χ3n) is 2.91. The van der Waals surface area contributed by atoms with Gasteiger partial charge in [0.2, 0.25) is 0 Å². The van der Waals surface area contributed by atoms with Crippen LogP contribution < -0.4 is 0 Å². The third kappa shape index (κ3) is 2.34. The maximum atomic E-state index is 12.2. The summed E-state index contributed by atoms with van der Waals surface area (Å²) >= 11 is 0. The molecule has 0 bridgehead atoms. The second-order valence-corrected chi connectivity index (χ2v) is 4.49. The predicted molar refractivity (Wildman–Crippen MR) is 68.6 cm³/mol. The highest BCUT2D eigenvalue weighted by atomic mass is 16.1. The van der Waals surface area contributed by atoms with Gasteiger partial charge in [0.1, 0.15) is 5.69 Å². The smallest absolute Gasteiger partial charge is 0.186 e. The first-order valence-electron chi connectivity index (χ1n) is 6.08. The number of hydrogen-bond acceptors (Lipinski definition) is 3. The second kappa shape index (κ2) is 4.76. The lowest BCUT2D eigenvalue weighted by atomic mass is 10.1. The van der Waals surface area contributed by atoms with E-state index < -0.39 is 0 Å². The van der Waals surface area contributed by atoms with Crippen molar-refractivity contribution in [1.82, 2.24) is 19.6 Å². The summed E-state index contributed by atoms with van der Waals surface area (Å²) in [4.78, 5) is 12.2. The van der Waals surface area contributed by atoms with Crippen LogP contribution in [0.1, 0.15) is 34.5 Å². The fourth-order valence-corrected chi connectivity index (χ4v) is 2.14. The highest BCUT2D eigenvalue weighted by molar-refractivity contribution is 5.95. The first-order chi connectivity index (χ1) is 8.51. The highest BCUT2D eigenvalue weighted by Gasteiger charge is 2.15. The minimum Gasteiger partial charge on any atom is -0.292 e. The summed E-state index contributed by atoms with van der Waals surface area (Å²) in [5.41, 5.74) is 3.41. The molecule has 0 spiro atoms. The van der Waals surface area contributed by atoms with E-state index in [1.807, 2.05) is 37.6 Å². The Morgan fingerprint density at radius 3 is 2.44 bits per heavy atom. The molecule has 0 aliphatic heterocycles. The van der Waals surface area contributed by atoms with E-state index in [4.69, 9.17) is 0 Å². The van der Waals surface area contributed by atoms with Crippen LogP contribution in [0, 0.1) is 13.8 Å². The molecule has 96 valence electrons. The van der Waals surface area contributed by atoms with Crippen LogP contribution in [0.15, 0.2) is 12.1 Å². The molecule has 5 heteroatoms. The average Bonchev–Trinajstić information content (AvgIpc) is 2.81. The summed E-state index contributed by atoms with van der Waals surface area (Å²) in [6.45, 7) is 6.63. The summed E-state index contributed by atoms with van der Waals surface area (Å²) in [5.74, 6) is 0.0766. The van der Waals surface area contributed by atoms with E-state index in [-0.39, 0.29) is 5.78 Å². The number of Topliss-reactive ketones (excluding diaryl/α,β-unsaturated/α-hetero) is 1. The Labute approximate surface area is 106 Å². The van der Waals surface area contributed by atoms with Crippen molar-refractivity contribution in [1.29, 1.82) is 0 Å². The lowest BCUT2D eigenvalue weighted by Gasteiger charge is -2.04. The van der Waals surface area contributed by atoms with Crippen LogP contribution in [-0.2, 0) is 20.0 Å². The van der Waals surface area contributed by atoms with Gasteiger partial charge in [-0.05, 0) is 32.9 Å². The normalized spacial score (nSPS) is 10.9. The Balaban J connectivity index is 2.23. The number of hydrogen-bond donors (Lipinski definition) is 0.